The molecule has 1 N–H and O–H groups in total. The Labute approximate surface area is 257 Å². The predicted octanol–water partition coefficient (Wildman–Crippen LogP) is 4.79. The first kappa shape index (κ1) is 32.9. The predicted molar refractivity (Wildman–Crippen MR) is 168 cm³/mol. The molecule has 0 aliphatic carbocycles. The zero-order valence-electron chi connectivity index (χ0n) is 24.5. The topological polar surface area (TPSA) is 105 Å². The lowest BCUT2D eigenvalue weighted by atomic mass is 10.0. The normalized spacial score (nSPS) is 12.6. The lowest BCUT2D eigenvalue weighted by Crippen LogP contribution is -2.54. The van der Waals surface area contributed by atoms with Crippen molar-refractivity contribution in [1.82, 2.24) is 10.2 Å². The molecule has 2 unspecified atom stereocenters. The van der Waals surface area contributed by atoms with Crippen LogP contribution >= 0.6 is 15.9 Å². The van der Waals surface area contributed by atoms with Crippen LogP contribution in [0.15, 0.2) is 77.3 Å². The van der Waals surface area contributed by atoms with E-state index in [1.54, 1.807) is 12.1 Å². The van der Waals surface area contributed by atoms with Gasteiger partial charge in [0.2, 0.25) is 21.8 Å². The van der Waals surface area contributed by atoms with E-state index in [1.807, 2.05) is 68.4 Å². The molecule has 3 aromatic carbocycles. The summed E-state index contributed by atoms with van der Waals surface area (Å²) in [5, 5.41) is 3.02. The highest BCUT2D eigenvalue weighted by molar-refractivity contribution is 9.10. The molecule has 0 aliphatic rings. The van der Waals surface area contributed by atoms with Gasteiger partial charge in [-0.3, -0.25) is 13.9 Å². The average molecular weight is 661 g/mol. The van der Waals surface area contributed by atoms with Crippen LogP contribution in [-0.4, -0.2) is 64.2 Å². The van der Waals surface area contributed by atoms with Gasteiger partial charge < -0.3 is 19.7 Å². The Morgan fingerprint density at radius 1 is 0.929 bits per heavy atom. The summed E-state index contributed by atoms with van der Waals surface area (Å²) in [7, 11) is -0.990. The van der Waals surface area contributed by atoms with E-state index in [4.69, 9.17) is 9.47 Å². The number of hydrogen-bond acceptors (Lipinski definition) is 6. The summed E-state index contributed by atoms with van der Waals surface area (Å²) < 4.78 is 38.6. The zero-order chi connectivity index (χ0) is 30.9. The van der Waals surface area contributed by atoms with Gasteiger partial charge in [-0.25, -0.2) is 8.42 Å². The number of anilines is 1. The number of halogens is 1. The van der Waals surface area contributed by atoms with Crippen LogP contribution in [0, 0.1) is 0 Å². The molecule has 9 nitrogen and oxygen atoms in total. The monoisotopic (exact) mass is 659 g/mol. The molecule has 0 saturated carbocycles. The van der Waals surface area contributed by atoms with Crippen molar-refractivity contribution in [3.8, 4) is 11.5 Å². The molecule has 0 aliphatic heterocycles. The molecule has 0 fully saturated rings. The van der Waals surface area contributed by atoms with E-state index in [9.17, 15) is 18.0 Å². The lowest BCUT2D eigenvalue weighted by Gasteiger charge is -2.34. The Balaban J connectivity index is 2.07. The third-order valence-corrected chi connectivity index (χ3v) is 8.54. The van der Waals surface area contributed by atoms with E-state index < -0.39 is 28.5 Å². The van der Waals surface area contributed by atoms with Crippen LogP contribution < -0.4 is 19.1 Å². The molecule has 0 radical (unpaired) electrons. The molecule has 3 aromatic rings. The Kier molecular flexibility index (Phi) is 11.8. The maximum Gasteiger partial charge on any atom is 0.244 e. The van der Waals surface area contributed by atoms with Crippen molar-refractivity contribution in [2.45, 2.75) is 45.3 Å². The van der Waals surface area contributed by atoms with E-state index >= 15 is 0 Å². The first-order valence-corrected chi connectivity index (χ1v) is 16.2. The fraction of sp³-hybridized carbons (Fsp3) is 0.355. The van der Waals surface area contributed by atoms with Gasteiger partial charge in [0.05, 0.1) is 26.2 Å². The fourth-order valence-electron chi connectivity index (χ4n) is 4.38. The molecular weight excluding hydrogens is 622 g/mol. The van der Waals surface area contributed by atoms with Crippen molar-refractivity contribution in [2.75, 3.05) is 31.3 Å². The van der Waals surface area contributed by atoms with Gasteiger partial charge in [-0.2, -0.15) is 0 Å². The smallest absolute Gasteiger partial charge is 0.244 e. The highest BCUT2D eigenvalue weighted by Gasteiger charge is 2.33. The Hall–Kier alpha value is -3.57. The summed E-state index contributed by atoms with van der Waals surface area (Å²) in [6.07, 6.45) is 2.00. The fourth-order valence-corrected chi connectivity index (χ4v) is 5.48. The van der Waals surface area contributed by atoms with Gasteiger partial charge in [-0.05, 0) is 48.7 Å². The van der Waals surface area contributed by atoms with E-state index in [0.29, 0.717) is 17.9 Å². The van der Waals surface area contributed by atoms with Gasteiger partial charge in [-0.15, -0.1) is 0 Å². The number of rotatable bonds is 14. The van der Waals surface area contributed by atoms with Crippen molar-refractivity contribution in [3.05, 3.63) is 88.4 Å². The Morgan fingerprint density at radius 3 is 2.14 bits per heavy atom. The van der Waals surface area contributed by atoms with Gasteiger partial charge in [0.15, 0.2) is 11.5 Å². The van der Waals surface area contributed by atoms with Crippen LogP contribution in [0.25, 0.3) is 0 Å². The highest BCUT2D eigenvalue weighted by Crippen LogP contribution is 2.32. The van der Waals surface area contributed by atoms with E-state index in [0.717, 1.165) is 26.2 Å². The van der Waals surface area contributed by atoms with Gasteiger partial charge in [-0.1, -0.05) is 65.3 Å². The number of sulfonamides is 1. The summed E-state index contributed by atoms with van der Waals surface area (Å²) in [6.45, 7) is 3.45. The van der Waals surface area contributed by atoms with E-state index in [1.165, 1.54) is 25.2 Å². The summed E-state index contributed by atoms with van der Waals surface area (Å²) in [6, 6.07) is 20.5. The Morgan fingerprint density at radius 2 is 1.57 bits per heavy atom. The maximum atomic E-state index is 14.2. The minimum atomic E-state index is -3.91. The van der Waals surface area contributed by atoms with Crippen molar-refractivity contribution in [2.24, 2.45) is 0 Å². The first-order valence-electron chi connectivity index (χ1n) is 13.5. The molecule has 42 heavy (non-hydrogen) atoms. The van der Waals surface area contributed by atoms with Gasteiger partial charge >= 0.3 is 0 Å². The SMILES string of the molecule is CCC(C)NC(=O)C(Cc1ccccc1)N(Cc1ccc(Br)cc1)C(=O)CN(c1ccc(OC)c(OC)c1)S(C)(=O)=O. The van der Waals surface area contributed by atoms with Crippen LogP contribution in [-0.2, 0) is 32.6 Å². The quantitative estimate of drug-likeness (QED) is 0.267. The molecule has 11 heteroatoms. The first-order chi connectivity index (χ1) is 20.0. The second-order valence-corrected chi connectivity index (χ2v) is 12.8. The molecule has 2 amide bonds. The van der Waals surface area contributed by atoms with Crippen LogP contribution in [0.1, 0.15) is 31.4 Å². The Bertz CT molecular complexity index is 1450. The van der Waals surface area contributed by atoms with Crippen molar-refractivity contribution in [3.63, 3.8) is 0 Å². The second-order valence-electron chi connectivity index (χ2n) is 9.98. The van der Waals surface area contributed by atoms with Crippen molar-refractivity contribution in [1.29, 1.82) is 0 Å². The lowest BCUT2D eigenvalue weighted by molar-refractivity contribution is -0.140. The summed E-state index contributed by atoms with van der Waals surface area (Å²) in [4.78, 5) is 29.4. The van der Waals surface area contributed by atoms with Gasteiger partial charge in [0.1, 0.15) is 12.6 Å². The van der Waals surface area contributed by atoms with Crippen molar-refractivity contribution >= 4 is 43.5 Å². The number of nitrogens with one attached hydrogen (secondary N) is 1. The minimum Gasteiger partial charge on any atom is -0.493 e. The third kappa shape index (κ3) is 8.96. The number of amides is 2. The van der Waals surface area contributed by atoms with E-state index in [-0.39, 0.29) is 30.6 Å². The molecule has 0 heterocycles. The highest BCUT2D eigenvalue weighted by atomic mass is 79.9. The number of ether oxygens (including phenoxy) is 2. The minimum absolute atomic E-state index is 0.0983. The van der Waals surface area contributed by atoms with Crippen LogP contribution in [0.2, 0.25) is 0 Å². The molecule has 226 valence electrons. The second kappa shape index (κ2) is 15.1. The molecule has 0 bridgehead atoms. The largest absolute Gasteiger partial charge is 0.493 e. The third-order valence-electron chi connectivity index (χ3n) is 6.87. The van der Waals surface area contributed by atoms with Crippen LogP contribution in [0.3, 0.4) is 0 Å². The number of benzene rings is 3. The zero-order valence-corrected chi connectivity index (χ0v) is 26.9. The summed E-state index contributed by atoms with van der Waals surface area (Å²) >= 11 is 3.44. The molecule has 2 atom stereocenters. The van der Waals surface area contributed by atoms with Gasteiger partial charge in [0.25, 0.3) is 0 Å². The van der Waals surface area contributed by atoms with Crippen LogP contribution in [0.4, 0.5) is 5.69 Å². The maximum absolute atomic E-state index is 14.2. The number of methoxy groups -OCH3 is 2. The molecule has 3 rings (SSSR count). The number of carbonyl (C=O) groups excluding carboxylic acids is 2. The molecular formula is C31H38BrN3O6S. The number of nitrogens with zero attached hydrogens (tertiary/aromatic N) is 2. The standard InChI is InChI=1S/C31H38BrN3O6S/c1-6-22(2)33-31(37)27(18-23-10-8-7-9-11-23)34(20-24-12-14-25(32)15-13-24)30(36)21-35(42(5,38)39)26-16-17-28(40-3)29(19-26)41-4/h7-17,19,22,27H,6,18,20-21H2,1-5H3,(H,33,37). The number of hydrogen-bond donors (Lipinski definition) is 1. The van der Waals surface area contributed by atoms with Gasteiger partial charge in [0, 0.05) is 29.5 Å². The molecule has 0 aromatic heterocycles. The van der Waals surface area contributed by atoms with E-state index in [2.05, 4.69) is 21.2 Å². The number of carbonyl (C=O) groups is 2. The summed E-state index contributed by atoms with van der Waals surface area (Å²) in [5.74, 6) is -0.103. The molecule has 0 saturated heterocycles. The molecule has 0 spiro atoms. The van der Waals surface area contributed by atoms with Crippen LogP contribution in [0.5, 0.6) is 11.5 Å². The van der Waals surface area contributed by atoms with Crippen molar-refractivity contribution < 1.29 is 27.5 Å². The summed E-state index contributed by atoms with van der Waals surface area (Å²) in [5.41, 5.74) is 1.89. The average Bonchev–Trinajstić information content (AvgIpc) is 2.97.